The van der Waals surface area contributed by atoms with Gasteiger partial charge in [0.1, 0.15) is 5.54 Å². The highest BCUT2D eigenvalue weighted by atomic mass is 32.2. The van der Waals surface area contributed by atoms with Gasteiger partial charge in [-0.1, -0.05) is 30.3 Å². The zero-order valence-corrected chi connectivity index (χ0v) is 9.09. The van der Waals surface area contributed by atoms with Gasteiger partial charge in [0.05, 0.1) is 0 Å². The van der Waals surface area contributed by atoms with Crippen LogP contribution in [0, 0.1) is 0 Å². The predicted octanol–water partition coefficient (Wildman–Crippen LogP) is 1.35. The van der Waals surface area contributed by atoms with Crippen LogP contribution in [-0.2, 0) is 11.3 Å². The predicted molar refractivity (Wildman–Crippen MR) is 61.0 cm³/mol. The Bertz CT molecular complexity index is 349. The molecule has 0 saturated carbocycles. The number of aliphatic carboxylic acids is 1. The summed E-state index contributed by atoms with van der Waals surface area (Å²) in [6.45, 7) is 0.619. The minimum Gasteiger partial charge on any atom is -0.480 e. The van der Waals surface area contributed by atoms with Crippen LogP contribution in [0.3, 0.4) is 0 Å². The Balaban J connectivity index is 1.95. The van der Waals surface area contributed by atoms with Crippen molar-refractivity contribution in [3.63, 3.8) is 0 Å². The summed E-state index contributed by atoms with van der Waals surface area (Å²) in [4.78, 5) is 11.0. The number of hydrogen-bond donors (Lipinski definition) is 2. The lowest BCUT2D eigenvalue weighted by molar-refractivity contribution is -0.143. The number of rotatable bonds is 4. The number of carboxylic acid groups (broad SMARTS) is 1. The Morgan fingerprint density at radius 1 is 1.40 bits per heavy atom. The third-order valence-electron chi connectivity index (χ3n) is 2.58. The molecule has 80 valence electrons. The van der Waals surface area contributed by atoms with Gasteiger partial charge in [-0.3, -0.25) is 10.1 Å². The molecule has 0 amide bonds. The fourth-order valence-electron chi connectivity index (χ4n) is 1.47. The van der Waals surface area contributed by atoms with Gasteiger partial charge in [0.15, 0.2) is 0 Å². The lowest BCUT2D eigenvalue weighted by Gasteiger charge is -2.37. The van der Waals surface area contributed by atoms with Crippen LogP contribution in [0.15, 0.2) is 30.3 Å². The van der Waals surface area contributed by atoms with Gasteiger partial charge in [-0.05, 0) is 5.56 Å². The minimum absolute atomic E-state index is 0.619. The van der Waals surface area contributed by atoms with Crippen molar-refractivity contribution in [2.45, 2.75) is 12.1 Å². The summed E-state index contributed by atoms with van der Waals surface area (Å²) in [6, 6.07) is 9.86. The average Bonchev–Trinajstić information content (AvgIpc) is 2.17. The Labute approximate surface area is 92.9 Å². The van der Waals surface area contributed by atoms with Gasteiger partial charge in [-0.25, -0.2) is 0 Å². The first-order valence-corrected chi connectivity index (χ1v) is 5.98. The highest BCUT2D eigenvalue weighted by Crippen LogP contribution is 2.29. The molecule has 2 rings (SSSR count). The zero-order valence-electron chi connectivity index (χ0n) is 8.27. The molecule has 2 N–H and O–H groups in total. The van der Waals surface area contributed by atoms with Crippen molar-refractivity contribution >= 4 is 17.7 Å². The van der Waals surface area contributed by atoms with E-state index in [1.165, 1.54) is 0 Å². The summed E-state index contributed by atoms with van der Waals surface area (Å²) >= 11 is 1.66. The molecular weight excluding hydrogens is 210 g/mol. The number of hydrogen-bond acceptors (Lipinski definition) is 3. The second kappa shape index (κ2) is 4.24. The molecule has 3 nitrogen and oxygen atoms in total. The number of carboxylic acids is 1. The molecule has 1 fully saturated rings. The van der Waals surface area contributed by atoms with Gasteiger partial charge >= 0.3 is 5.97 Å². The maximum Gasteiger partial charge on any atom is 0.325 e. The van der Waals surface area contributed by atoms with E-state index in [1.54, 1.807) is 11.8 Å². The van der Waals surface area contributed by atoms with E-state index < -0.39 is 11.5 Å². The van der Waals surface area contributed by atoms with E-state index in [-0.39, 0.29) is 0 Å². The molecule has 4 heteroatoms. The first-order chi connectivity index (χ1) is 7.23. The summed E-state index contributed by atoms with van der Waals surface area (Å²) in [7, 11) is 0. The van der Waals surface area contributed by atoms with Crippen molar-refractivity contribution in [1.82, 2.24) is 5.32 Å². The molecule has 1 aromatic rings. The third-order valence-corrected chi connectivity index (χ3v) is 3.97. The molecule has 0 spiro atoms. The molecule has 15 heavy (non-hydrogen) atoms. The van der Waals surface area contributed by atoms with Crippen LogP contribution in [0.5, 0.6) is 0 Å². The van der Waals surface area contributed by atoms with Crippen LogP contribution in [0.4, 0.5) is 0 Å². The number of carbonyl (C=O) groups is 1. The second-order valence-corrected chi connectivity index (χ2v) is 4.70. The summed E-state index contributed by atoms with van der Waals surface area (Å²) in [5.74, 6) is 0.585. The van der Waals surface area contributed by atoms with Crippen molar-refractivity contribution in [2.75, 3.05) is 11.5 Å². The Morgan fingerprint density at radius 3 is 2.53 bits per heavy atom. The fraction of sp³-hybridized carbons (Fsp3) is 0.364. The maximum atomic E-state index is 11.0. The van der Waals surface area contributed by atoms with Crippen LogP contribution in [0.1, 0.15) is 5.56 Å². The summed E-state index contributed by atoms with van der Waals surface area (Å²) in [5, 5.41) is 12.2. The van der Waals surface area contributed by atoms with E-state index in [2.05, 4.69) is 5.32 Å². The van der Waals surface area contributed by atoms with E-state index in [0.717, 1.165) is 5.56 Å². The normalized spacial score (nSPS) is 18.1. The average molecular weight is 223 g/mol. The molecule has 0 aliphatic carbocycles. The van der Waals surface area contributed by atoms with Crippen LogP contribution in [-0.4, -0.2) is 28.1 Å². The fourth-order valence-corrected chi connectivity index (χ4v) is 2.54. The standard InChI is InChI=1S/C11H13NO2S/c13-10(14)11(7-15-8-11)12-6-9-4-2-1-3-5-9/h1-5,12H,6-8H2,(H,13,14). The van der Waals surface area contributed by atoms with E-state index in [0.29, 0.717) is 18.1 Å². The molecule has 1 aliphatic heterocycles. The van der Waals surface area contributed by atoms with Gasteiger partial charge in [0.2, 0.25) is 0 Å². The smallest absolute Gasteiger partial charge is 0.325 e. The topological polar surface area (TPSA) is 49.3 Å². The number of thioether (sulfide) groups is 1. The lowest BCUT2D eigenvalue weighted by Crippen LogP contribution is -2.61. The molecule has 0 bridgehead atoms. The van der Waals surface area contributed by atoms with Crippen LogP contribution < -0.4 is 5.32 Å². The van der Waals surface area contributed by atoms with Gasteiger partial charge in [0, 0.05) is 18.1 Å². The molecule has 0 unspecified atom stereocenters. The molecule has 0 aromatic heterocycles. The van der Waals surface area contributed by atoms with Crippen LogP contribution >= 0.6 is 11.8 Å². The van der Waals surface area contributed by atoms with E-state index in [9.17, 15) is 4.79 Å². The molecule has 1 aliphatic rings. The Morgan fingerprint density at radius 2 is 2.07 bits per heavy atom. The van der Waals surface area contributed by atoms with Gasteiger partial charge in [0.25, 0.3) is 0 Å². The first kappa shape index (κ1) is 10.5. The van der Waals surface area contributed by atoms with Gasteiger partial charge in [-0.15, -0.1) is 0 Å². The van der Waals surface area contributed by atoms with E-state index >= 15 is 0 Å². The van der Waals surface area contributed by atoms with Crippen LogP contribution in [0.2, 0.25) is 0 Å². The number of benzene rings is 1. The van der Waals surface area contributed by atoms with Crippen molar-refractivity contribution in [3.05, 3.63) is 35.9 Å². The van der Waals surface area contributed by atoms with Crippen molar-refractivity contribution in [3.8, 4) is 0 Å². The molecular formula is C11H13NO2S. The first-order valence-electron chi connectivity index (χ1n) is 4.83. The SMILES string of the molecule is O=C(O)C1(NCc2ccccc2)CSC1. The van der Waals surface area contributed by atoms with E-state index in [1.807, 2.05) is 30.3 Å². The second-order valence-electron chi connectivity index (χ2n) is 3.72. The third kappa shape index (κ3) is 2.16. The van der Waals surface area contributed by atoms with Gasteiger partial charge in [-0.2, -0.15) is 11.8 Å². The monoisotopic (exact) mass is 223 g/mol. The van der Waals surface area contributed by atoms with Crippen molar-refractivity contribution < 1.29 is 9.90 Å². The molecule has 1 heterocycles. The molecule has 0 radical (unpaired) electrons. The lowest BCUT2D eigenvalue weighted by atomic mass is 10.0. The van der Waals surface area contributed by atoms with E-state index in [4.69, 9.17) is 5.11 Å². The van der Waals surface area contributed by atoms with Gasteiger partial charge < -0.3 is 5.11 Å². The summed E-state index contributed by atoms with van der Waals surface area (Å²) in [6.07, 6.45) is 0. The van der Waals surface area contributed by atoms with Crippen molar-refractivity contribution in [2.24, 2.45) is 0 Å². The molecule has 1 saturated heterocycles. The quantitative estimate of drug-likeness (QED) is 0.809. The Kier molecular flexibility index (Phi) is 2.98. The summed E-state index contributed by atoms with van der Waals surface area (Å²) in [5.41, 5.74) is 0.426. The zero-order chi connectivity index (χ0) is 10.7. The largest absolute Gasteiger partial charge is 0.480 e. The van der Waals surface area contributed by atoms with Crippen molar-refractivity contribution in [1.29, 1.82) is 0 Å². The highest BCUT2D eigenvalue weighted by Gasteiger charge is 2.44. The minimum atomic E-state index is -0.739. The maximum absolute atomic E-state index is 11.0. The molecule has 1 aromatic carbocycles. The molecule has 0 atom stereocenters. The highest BCUT2D eigenvalue weighted by molar-refractivity contribution is 8.01. The van der Waals surface area contributed by atoms with Crippen LogP contribution in [0.25, 0.3) is 0 Å². The summed E-state index contributed by atoms with van der Waals surface area (Å²) < 4.78 is 0. The number of nitrogens with one attached hydrogen (secondary N) is 1. The Hall–Kier alpha value is -1.00.